The second-order valence-electron chi connectivity index (χ2n) is 7.43. The molecule has 3 atom stereocenters. The molecule has 5 nitrogen and oxygen atoms in total. The molecular weight excluding hydrogens is 358 g/mol. The SMILES string of the molecule is C[C@H](CN[C@H](c1ccccc1)[C@@H]1CNc2cccnc2N1)c1ccccc1C#N. The van der Waals surface area contributed by atoms with E-state index in [2.05, 4.69) is 58.2 Å². The van der Waals surface area contributed by atoms with Gasteiger partial charge in [-0.3, -0.25) is 0 Å². The van der Waals surface area contributed by atoms with Gasteiger partial charge in [0.25, 0.3) is 0 Å². The van der Waals surface area contributed by atoms with Gasteiger partial charge in [0.2, 0.25) is 0 Å². The van der Waals surface area contributed by atoms with Gasteiger partial charge < -0.3 is 16.0 Å². The summed E-state index contributed by atoms with van der Waals surface area (Å²) in [5, 5.41) is 20.3. The van der Waals surface area contributed by atoms with E-state index in [1.807, 2.05) is 48.7 Å². The lowest BCUT2D eigenvalue weighted by Gasteiger charge is -2.35. The normalized spacial score (nSPS) is 17.2. The van der Waals surface area contributed by atoms with E-state index in [0.717, 1.165) is 35.7 Å². The smallest absolute Gasteiger partial charge is 0.149 e. The highest BCUT2D eigenvalue weighted by molar-refractivity contribution is 5.67. The molecular formula is C24H25N5. The van der Waals surface area contributed by atoms with E-state index in [1.54, 1.807) is 0 Å². The fraction of sp³-hybridized carbons (Fsp3) is 0.250. The molecule has 3 N–H and O–H groups in total. The molecule has 146 valence electrons. The second-order valence-corrected chi connectivity index (χ2v) is 7.43. The Bertz CT molecular complexity index is 995. The van der Waals surface area contributed by atoms with E-state index in [4.69, 9.17) is 0 Å². The summed E-state index contributed by atoms with van der Waals surface area (Å²) in [6.07, 6.45) is 1.81. The fourth-order valence-corrected chi connectivity index (χ4v) is 3.91. The monoisotopic (exact) mass is 383 g/mol. The highest BCUT2D eigenvalue weighted by Crippen LogP contribution is 2.29. The summed E-state index contributed by atoms with van der Waals surface area (Å²) in [7, 11) is 0. The molecule has 5 heteroatoms. The maximum Gasteiger partial charge on any atom is 0.149 e. The molecule has 0 radical (unpaired) electrons. The lowest BCUT2D eigenvalue weighted by molar-refractivity contribution is 0.453. The lowest BCUT2D eigenvalue weighted by atomic mass is 9.93. The van der Waals surface area contributed by atoms with E-state index < -0.39 is 0 Å². The number of nitriles is 1. The van der Waals surface area contributed by atoms with Crippen LogP contribution in [0.15, 0.2) is 72.9 Å². The Balaban J connectivity index is 1.54. The number of nitrogens with zero attached hydrogens (tertiary/aromatic N) is 2. The maximum absolute atomic E-state index is 9.42. The molecule has 4 rings (SSSR count). The van der Waals surface area contributed by atoms with E-state index in [0.29, 0.717) is 0 Å². The highest BCUT2D eigenvalue weighted by atomic mass is 15.2. The van der Waals surface area contributed by atoms with Crippen molar-refractivity contribution < 1.29 is 0 Å². The largest absolute Gasteiger partial charge is 0.380 e. The Labute approximate surface area is 171 Å². The molecule has 0 unspecified atom stereocenters. The minimum Gasteiger partial charge on any atom is -0.380 e. The van der Waals surface area contributed by atoms with Crippen LogP contribution in [0.25, 0.3) is 0 Å². The maximum atomic E-state index is 9.42. The summed E-state index contributed by atoms with van der Waals surface area (Å²) in [5.74, 6) is 1.10. The van der Waals surface area contributed by atoms with Gasteiger partial charge in [0.1, 0.15) is 5.82 Å². The van der Waals surface area contributed by atoms with Crippen LogP contribution in [0, 0.1) is 11.3 Å². The molecule has 0 aliphatic carbocycles. The number of aromatic nitrogens is 1. The number of nitrogens with one attached hydrogen (secondary N) is 3. The first-order valence-electron chi connectivity index (χ1n) is 9.99. The predicted molar refractivity (Wildman–Crippen MR) is 117 cm³/mol. The molecule has 2 heterocycles. The number of rotatable bonds is 6. The Morgan fingerprint density at radius 3 is 2.72 bits per heavy atom. The van der Waals surface area contributed by atoms with Crippen LogP contribution in [-0.2, 0) is 0 Å². The molecule has 0 bridgehead atoms. The zero-order valence-electron chi connectivity index (χ0n) is 16.5. The van der Waals surface area contributed by atoms with Crippen LogP contribution in [0.1, 0.15) is 35.6 Å². The van der Waals surface area contributed by atoms with Gasteiger partial charge in [-0.2, -0.15) is 5.26 Å². The van der Waals surface area contributed by atoms with Crippen LogP contribution in [0.5, 0.6) is 0 Å². The predicted octanol–water partition coefficient (Wildman–Crippen LogP) is 4.29. The first kappa shape index (κ1) is 19.0. The molecule has 0 fully saturated rings. The summed E-state index contributed by atoms with van der Waals surface area (Å²) < 4.78 is 0. The zero-order chi connectivity index (χ0) is 20.1. The third kappa shape index (κ3) is 4.23. The average Bonchev–Trinajstić information content (AvgIpc) is 2.79. The lowest BCUT2D eigenvalue weighted by Crippen LogP contribution is -2.45. The summed E-state index contributed by atoms with van der Waals surface area (Å²) in [6.45, 7) is 3.73. The van der Waals surface area contributed by atoms with E-state index in [1.165, 1.54) is 5.56 Å². The summed E-state index contributed by atoms with van der Waals surface area (Å²) >= 11 is 0. The van der Waals surface area contributed by atoms with Crippen LogP contribution in [0.2, 0.25) is 0 Å². The Morgan fingerprint density at radius 2 is 1.90 bits per heavy atom. The number of hydrogen-bond donors (Lipinski definition) is 3. The molecule has 1 aromatic heterocycles. The fourth-order valence-electron chi connectivity index (χ4n) is 3.91. The summed E-state index contributed by atoms with van der Waals surface area (Å²) in [5.41, 5.74) is 4.09. The molecule has 2 aromatic carbocycles. The number of pyridine rings is 1. The van der Waals surface area contributed by atoms with E-state index >= 15 is 0 Å². The standard InChI is InChI=1S/C24H25N5/c1-17(20-11-6-5-10-19(20)14-25)15-28-23(18-8-3-2-4-9-18)22-16-27-21-12-7-13-26-24(21)29-22/h2-13,17,22-23,27-28H,15-16H2,1H3,(H,26,29)/t17-,22+,23-/m1/s1. The number of fused-ring (bicyclic) bond motifs is 1. The van der Waals surface area contributed by atoms with Gasteiger partial charge in [0.15, 0.2) is 0 Å². The van der Waals surface area contributed by atoms with Crippen LogP contribution in [0.4, 0.5) is 11.5 Å². The van der Waals surface area contributed by atoms with Gasteiger partial charge in [-0.25, -0.2) is 4.98 Å². The van der Waals surface area contributed by atoms with Crippen molar-refractivity contribution >= 4 is 11.5 Å². The third-order valence-corrected chi connectivity index (χ3v) is 5.46. The molecule has 29 heavy (non-hydrogen) atoms. The third-order valence-electron chi connectivity index (χ3n) is 5.46. The van der Waals surface area contributed by atoms with Gasteiger partial charge in [-0.05, 0) is 35.2 Å². The van der Waals surface area contributed by atoms with Crippen LogP contribution < -0.4 is 16.0 Å². The van der Waals surface area contributed by atoms with Gasteiger partial charge in [-0.15, -0.1) is 0 Å². The Hall–Kier alpha value is -3.36. The van der Waals surface area contributed by atoms with Gasteiger partial charge in [0.05, 0.1) is 29.4 Å². The van der Waals surface area contributed by atoms with Gasteiger partial charge in [-0.1, -0.05) is 55.5 Å². The van der Waals surface area contributed by atoms with Crippen molar-refractivity contribution in [2.24, 2.45) is 0 Å². The van der Waals surface area contributed by atoms with Crippen molar-refractivity contribution in [1.29, 1.82) is 5.26 Å². The minimum atomic E-state index is 0.107. The highest BCUT2D eigenvalue weighted by Gasteiger charge is 2.27. The molecule has 1 aliphatic rings. The van der Waals surface area contributed by atoms with Crippen molar-refractivity contribution in [1.82, 2.24) is 10.3 Å². The van der Waals surface area contributed by atoms with Crippen LogP contribution in [-0.4, -0.2) is 24.1 Å². The van der Waals surface area contributed by atoms with Gasteiger partial charge in [0, 0.05) is 19.3 Å². The summed E-state index contributed by atoms with van der Waals surface area (Å²) in [6, 6.07) is 24.9. The average molecular weight is 383 g/mol. The number of anilines is 2. The molecule has 0 saturated carbocycles. The van der Waals surface area contributed by atoms with Crippen molar-refractivity contribution in [3.05, 3.63) is 89.6 Å². The first-order chi connectivity index (χ1) is 14.3. The van der Waals surface area contributed by atoms with Crippen LogP contribution in [0.3, 0.4) is 0 Å². The first-order valence-corrected chi connectivity index (χ1v) is 9.99. The van der Waals surface area contributed by atoms with E-state index in [9.17, 15) is 5.26 Å². The minimum absolute atomic E-state index is 0.107. The van der Waals surface area contributed by atoms with E-state index in [-0.39, 0.29) is 18.0 Å². The molecule has 1 aliphatic heterocycles. The molecule has 3 aromatic rings. The van der Waals surface area contributed by atoms with Crippen molar-refractivity contribution in [2.45, 2.75) is 24.9 Å². The molecule has 0 saturated heterocycles. The molecule has 0 spiro atoms. The van der Waals surface area contributed by atoms with Crippen molar-refractivity contribution in [3.63, 3.8) is 0 Å². The quantitative estimate of drug-likeness (QED) is 0.592. The summed E-state index contributed by atoms with van der Waals surface area (Å²) in [4.78, 5) is 4.47. The van der Waals surface area contributed by atoms with Crippen molar-refractivity contribution in [2.75, 3.05) is 23.7 Å². The number of hydrogen-bond acceptors (Lipinski definition) is 5. The second kappa shape index (κ2) is 8.76. The number of benzene rings is 2. The zero-order valence-corrected chi connectivity index (χ0v) is 16.5. The van der Waals surface area contributed by atoms with Gasteiger partial charge >= 0.3 is 0 Å². The van der Waals surface area contributed by atoms with Crippen LogP contribution >= 0.6 is 0 Å². The Morgan fingerprint density at radius 1 is 1.10 bits per heavy atom. The topological polar surface area (TPSA) is 72.8 Å². The molecule has 0 amide bonds. The van der Waals surface area contributed by atoms with Crippen molar-refractivity contribution in [3.8, 4) is 6.07 Å². The Kier molecular flexibility index (Phi) is 5.73.